The van der Waals surface area contributed by atoms with Crippen molar-refractivity contribution in [3.63, 3.8) is 0 Å². The Bertz CT molecular complexity index is 102. The number of hydrogen-bond acceptors (Lipinski definition) is 1. The molecule has 1 saturated heterocycles. The molecule has 0 aromatic heterocycles. The van der Waals surface area contributed by atoms with Crippen molar-refractivity contribution in [3.05, 3.63) is 0 Å². The van der Waals surface area contributed by atoms with Gasteiger partial charge in [0.1, 0.15) is 5.67 Å². The molecule has 1 heterocycles. The van der Waals surface area contributed by atoms with Crippen LogP contribution in [0, 0.1) is 0 Å². The molecule has 10 heavy (non-hydrogen) atoms. The highest BCUT2D eigenvalue weighted by molar-refractivity contribution is 4.85. The Morgan fingerprint density at radius 2 is 2.40 bits per heavy atom. The molecule has 0 aliphatic carbocycles. The summed E-state index contributed by atoms with van der Waals surface area (Å²) in [6.07, 6.45) is 2.83. The Hall–Kier alpha value is -0.110. The van der Waals surface area contributed by atoms with E-state index in [1.54, 1.807) is 6.92 Å². The Labute approximate surface area is 62.0 Å². The minimum absolute atomic E-state index is 0.533. The standard InChI is InChI=1S/C8H16FN/c1-3-7-4-5-8(2,9)6-10-7/h7,10H,3-6H2,1-2H3. The molecule has 1 aliphatic rings. The summed E-state index contributed by atoms with van der Waals surface area (Å²) in [5.74, 6) is 0. The molecule has 2 atom stereocenters. The van der Waals surface area contributed by atoms with Crippen LogP contribution in [0.1, 0.15) is 33.1 Å². The Kier molecular flexibility index (Phi) is 2.29. The summed E-state index contributed by atoms with van der Waals surface area (Å²) in [5.41, 5.74) is -0.953. The molecule has 0 aromatic rings. The zero-order chi connectivity index (χ0) is 7.61. The highest BCUT2D eigenvalue weighted by atomic mass is 19.1. The van der Waals surface area contributed by atoms with Gasteiger partial charge < -0.3 is 5.32 Å². The van der Waals surface area contributed by atoms with Crippen LogP contribution in [-0.2, 0) is 0 Å². The monoisotopic (exact) mass is 145 g/mol. The van der Waals surface area contributed by atoms with Gasteiger partial charge in [-0.3, -0.25) is 0 Å². The number of alkyl halides is 1. The van der Waals surface area contributed by atoms with Gasteiger partial charge in [-0.1, -0.05) is 6.92 Å². The van der Waals surface area contributed by atoms with Gasteiger partial charge in [0.25, 0.3) is 0 Å². The lowest BCUT2D eigenvalue weighted by Gasteiger charge is -2.31. The van der Waals surface area contributed by atoms with Crippen LogP contribution in [0.2, 0.25) is 0 Å². The molecule has 1 rings (SSSR count). The van der Waals surface area contributed by atoms with Crippen LogP contribution in [0.4, 0.5) is 4.39 Å². The van der Waals surface area contributed by atoms with E-state index in [0.717, 1.165) is 19.3 Å². The van der Waals surface area contributed by atoms with E-state index < -0.39 is 5.67 Å². The molecular formula is C8H16FN. The molecule has 0 saturated carbocycles. The van der Waals surface area contributed by atoms with Crippen LogP contribution in [0.5, 0.6) is 0 Å². The van der Waals surface area contributed by atoms with Crippen LogP contribution < -0.4 is 5.32 Å². The van der Waals surface area contributed by atoms with Gasteiger partial charge in [-0.15, -0.1) is 0 Å². The third-order valence-electron chi connectivity index (χ3n) is 2.27. The van der Waals surface area contributed by atoms with Gasteiger partial charge in [0.05, 0.1) is 0 Å². The first kappa shape index (κ1) is 7.99. The Morgan fingerprint density at radius 3 is 2.80 bits per heavy atom. The molecule has 1 nitrogen and oxygen atoms in total. The molecule has 1 N–H and O–H groups in total. The van der Waals surface area contributed by atoms with E-state index in [1.807, 2.05) is 0 Å². The Morgan fingerprint density at radius 1 is 1.70 bits per heavy atom. The molecule has 0 amide bonds. The molecule has 0 bridgehead atoms. The molecule has 2 unspecified atom stereocenters. The average Bonchev–Trinajstić information content (AvgIpc) is 1.88. The van der Waals surface area contributed by atoms with Crippen molar-refractivity contribution in [3.8, 4) is 0 Å². The van der Waals surface area contributed by atoms with Crippen LogP contribution in [0.25, 0.3) is 0 Å². The summed E-state index contributed by atoms with van der Waals surface area (Å²) in [5, 5.41) is 3.18. The first-order chi connectivity index (χ1) is 4.64. The maximum Gasteiger partial charge on any atom is 0.120 e. The fourth-order valence-electron chi connectivity index (χ4n) is 1.37. The van der Waals surface area contributed by atoms with Gasteiger partial charge >= 0.3 is 0 Å². The minimum atomic E-state index is -0.953. The van der Waals surface area contributed by atoms with Gasteiger partial charge in [-0.25, -0.2) is 4.39 Å². The second-order valence-corrected chi connectivity index (χ2v) is 3.44. The third-order valence-corrected chi connectivity index (χ3v) is 2.27. The predicted molar refractivity (Wildman–Crippen MR) is 40.8 cm³/mol. The summed E-state index contributed by atoms with van der Waals surface area (Å²) >= 11 is 0. The number of rotatable bonds is 1. The van der Waals surface area contributed by atoms with E-state index in [-0.39, 0.29) is 0 Å². The van der Waals surface area contributed by atoms with Crippen molar-refractivity contribution in [2.75, 3.05) is 6.54 Å². The summed E-state index contributed by atoms with van der Waals surface area (Å²) < 4.78 is 13.1. The molecule has 1 fully saturated rings. The highest BCUT2D eigenvalue weighted by Gasteiger charge is 2.29. The second-order valence-electron chi connectivity index (χ2n) is 3.44. The van der Waals surface area contributed by atoms with Gasteiger partial charge in [0.15, 0.2) is 0 Å². The topological polar surface area (TPSA) is 12.0 Å². The van der Waals surface area contributed by atoms with E-state index in [4.69, 9.17) is 0 Å². The van der Waals surface area contributed by atoms with Gasteiger partial charge in [-0.2, -0.15) is 0 Å². The zero-order valence-electron chi connectivity index (χ0n) is 6.78. The van der Waals surface area contributed by atoms with Crippen LogP contribution >= 0.6 is 0 Å². The van der Waals surface area contributed by atoms with E-state index in [0.29, 0.717) is 12.6 Å². The SMILES string of the molecule is CCC1CCC(C)(F)CN1. The summed E-state index contributed by atoms with van der Waals surface area (Å²) in [4.78, 5) is 0. The lowest BCUT2D eigenvalue weighted by Crippen LogP contribution is -2.45. The fraction of sp³-hybridized carbons (Fsp3) is 1.00. The smallest absolute Gasteiger partial charge is 0.120 e. The quantitative estimate of drug-likeness (QED) is 0.594. The molecule has 0 spiro atoms. The minimum Gasteiger partial charge on any atom is -0.311 e. The van der Waals surface area contributed by atoms with Gasteiger partial charge in [0, 0.05) is 12.6 Å². The molecule has 60 valence electrons. The number of piperidine rings is 1. The fourth-order valence-corrected chi connectivity index (χ4v) is 1.37. The first-order valence-electron chi connectivity index (χ1n) is 4.06. The average molecular weight is 145 g/mol. The van der Waals surface area contributed by atoms with Crippen molar-refractivity contribution in [1.82, 2.24) is 5.32 Å². The Balaban J connectivity index is 2.31. The van der Waals surface area contributed by atoms with Gasteiger partial charge in [0.2, 0.25) is 0 Å². The van der Waals surface area contributed by atoms with Crippen LogP contribution in [0.3, 0.4) is 0 Å². The van der Waals surface area contributed by atoms with Crippen LogP contribution in [0.15, 0.2) is 0 Å². The normalized spacial score (nSPS) is 41.7. The van der Waals surface area contributed by atoms with E-state index in [9.17, 15) is 4.39 Å². The highest BCUT2D eigenvalue weighted by Crippen LogP contribution is 2.23. The zero-order valence-corrected chi connectivity index (χ0v) is 6.78. The largest absolute Gasteiger partial charge is 0.311 e. The van der Waals surface area contributed by atoms with Crippen molar-refractivity contribution in [2.24, 2.45) is 0 Å². The van der Waals surface area contributed by atoms with E-state index in [1.165, 1.54) is 0 Å². The lowest BCUT2D eigenvalue weighted by molar-refractivity contribution is 0.124. The molecule has 0 radical (unpaired) electrons. The van der Waals surface area contributed by atoms with Gasteiger partial charge in [-0.05, 0) is 26.2 Å². The second kappa shape index (κ2) is 2.87. The van der Waals surface area contributed by atoms with Crippen molar-refractivity contribution in [1.29, 1.82) is 0 Å². The maximum absolute atomic E-state index is 13.1. The number of halogens is 1. The number of nitrogens with one attached hydrogen (secondary N) is 1. The molecule has 2 heteroatoms. The van der Waals surface area contributed by atoms with Crippen molar-refractivity contribution >= 4 is 0 Å². The van der Waals surface area contributed by atoms with E-state index in [2.05, 4.69) is 12.2 Å². The third kappa shape index (κ3) is 1.94. The summed E-state index contributed by atoms with van der Waals surface area (Å²) in [6, 6.07) is 0.559. The first-order valence-corrected chi connectivity index (χ1v) is 4.06. The summed E-state index contributed by atoms with van der Waals surface area (Å²) in [7, 11) is 0. The molecule has 1 aliphatic heterocycles. The van der Waals surface area contributed by atoms with Crippen LogP contribution in [-0.4, -0.2) is 18.3 Å². The molecular weight excluding hydrogens is 129 g/mol. The molecule has 0 aromatic carbocycles. The lowest BCUT2D eigenvalue weighted by atomic mass is 9.93. The van der Waals surface area contributed by atoms with E-state index >= 15 is 0 Å². The maximum atomic E-state index is 13.1. The summed E-state index contributed by atoms with van der Waals surface area (Å²) in [6.45, 7) is 4.34. The predicted octanol–water partition coefficient (Wildman–Crippen LogP) is 1.88. The van der Waals surface area contributed by atoms with Crippen molar-refractivity contribution < 1.29 is 4.39 Å². The van der Waals surface area contributed by atoms with Crippen molar-refractivity contribution in [2.45, 2.75) is 44.8 Å². The number of hydrogen-bond donors (Lipinski definition) is 1.